The second-order valence-corrected chi connectivity index (χ2v) is 7.20. The van der Waals surface area contributed by atoms with Crippen molar-refractivity contribution in [2.24, 2.45) is 0 Å². The van der Waals surface area contributed by atoms with Crippen LogP contribution in [0, 0.1) is 0 Å². The van der Waals surface area contributed by atoms with Crippen LogP contribution in [0.25, 0.3) is 5.83 Å². The van der Waals surface area contributed by atoms with Crippen LogP contribution in [0.5, 0.6) is 0 Å². The zero-order valence-corrected chi connectivity index (χ0v) is 10.0. The van der Waals surface area contributed by atoms with Crippen LogP contribution in [0.4, 0.5) is 17.6 Å². The molecule has 2 rings (SSSR count). The molecule has 1 aliphatic rings. The number of carbonyl (C=O) groups is 1. The average molecular weight is 301 g/mol. The van der Waals surface area contributed by atoms with E-state index in [4.69, 9.17) is 15.8 Å². The first kappa shape index (κ1) is 13.2. The van der Waals surface area contributed by atoms with E-state index in [0.717, 1.165) is 12.1 Å². The third kappa shape index (κ3) is 1.54. The molecule has 0 bridgehead atoms. The lowest BCUT2D eigenvalue weighted by Crippen LogP contribution is -2.19. The van der Waals surface area contributed by atoms with Crippen LogP contribution in [0.15, 0.2) is 34.1 Å². The number of rotatable bonds is 1. The predicted molar refractivity (Wildman–Crippen MR) is 59.9 cm³/mol. The number of benzene rings is 1. The van der Waals surface area contributed by atoms with Crippen LogP contribution in [-0.4, -0.2) is 16.6 Å². The van der Waals surface area contributed by atoms with Crippen molar-refractivity contribution in [2.45, 2.75) is 10.4 Å². The first-order valence-electron chi connectivity index (χ1n) is 4.53. The van der Waals surface area contributed by atoms with E-state index < -0.39 is 41.9 Å². The maximum Gasteiger partial charge on any atom is 0.446 e. The van der Waals surface area contributed by atoms with Crippen molar-refractivity contribution in [3.8, 4) is 0 Å². The molecular weight excluding hydrogens is 296 g/mol. The maximum atomic E-state index is 13.8. The number of fused-ring (bicyclic) bond motifs is 1. The molecular formula is C10H5ClF4O2S. The molecule has 1 heterocycles. The van der Waals surface area contributed by atoms with Crippen LogP contribution in [0.1, 0.15) is 5.56 Å². The molecule has 98 valence electrons. The van der Waals surface area contributed by atoms with Gasteiger partial charge in [-0.1, -0.05) is 18.2 Å². The minimum Gasteiger partial charge on any atom is -0.477 e. The van der Waals surface area contributed by atoms with Gasteiger partial charge in [0.1, 0.15) is 4.91 Å². The van der Waals surface area contributed by atoms with Gasteiger partial charge < -0.3 is 5.11 Å². The Labute approximate surface area is 105 Å². The van der Waals surface area contributed by atoms with Gasteiger partial charge in [0.2, 0.25) is 0 Å². The molecule has 8 heteroatoms. The molecule has 0 aliphatic carbocycles. The summed E-state index contributed by atoms with van der Waals surface area (Å²) in [6.45, 7) is 0. The SMILES string of the molecule is O=C(O)C1=C(F)c2ccccc2S1(Cl)C(F)(F)F. The molecule has 1 aliphatic heterocycles. The first-order valence-corrected chi connectivity index (χ1v) is 6.99. The van der Waals surface area contributed by atoms with Crippen molar-refractivity contribution in [2.75, 3.05) is 0 Å². The highest BCUT2D eigenvalue weighted by Crippen LogP contribution is 2.81. The van der Waals surface area contributed by atoms with E-state index in [1.807, 2.05) is 0 Å². The fraction of sp³-hybridized carbons (Fsp3) is 0.100. The van der Waals surface area contributed by atoms with Crippen molar-refractivity contribution in [1.82, 2.24) is 0 Å². The van der Waals surface area contributed by atoms with Gasteiger partial charge in [-0.15, -0.1) is 0 Å². The fourth-order valence-corrected chi connectivity index (χ4v) is 4.53. The summed E-state index contributed by atoms with van der Waals surface area (Å²) in [6.07, 6.45) is 0. The Kier molecular flexibility index (Phi) is 2.86. The van der Waals surface area contributed by atoms with Crippen LogP contribution >= 0.6 is 19.9 Å². The summed E-state index contributed by atoms with van der Waals surface area (Å²) >= 11 is 0. The molecule has 1 aromatic rings. The molecule has 1 atom stereocenters. The molecule has 2 nitrogen and oxygen atoms in total. The lowest BCUT2D eigenvalue weighted by molar-refractivity contribution is -0.132. The summed E-state index contributed by atoms with van der Waals surface area (Å²) in [5.41, 5.74) is -5.44. The van der Waals surface area contributed by atoms with E-state index in [2.05, 4.69) is 0 Å². The number of aliphatic carboxylic acids is 1. The molecule has 0 saturated heterocycles. The summed E-state index contributed by atoms with van der Waals surface area (Å²) in [4.78, 5) is 8.96. The zero-order chi connectivity index (χ0) is 13.7. The van der Waals surface area contributed by atoms with Gasteiger partial charge in [-0.3, -0.25) is 0 Å². The smallest absolute Gasteiger partial charge is 0.446 e. The Morgan fingerprint density at radius 1 is 1.28 bits per heavy atom. The minimum atomic E-state index is -5.04. The third-order valence-corrected chi connectivity index (χ3v) is 6.42. The van der Waals surface area contributed by atoms with E-state index >= 15 is 0 Å². The van der Waals surface area contributed by atoms with E-state index in [1.54, 1.807) is 0 Å². The van der Waals surface area contributed by atoms with Gasteiger partial charge in [0.15, 0.2) is 5.83 Å². The number of hydrogen-bond acceptors (Lipinski definition) is 1. The summed E-state index contributed by atoms with van der Waals surface area (Å²) in [6, 6.07) is 4.65. The van der Waals surface area contributed by atoms with Gasteiger partial charge in [-0.25, -0.2) is 9.18 Å². The zero-order valence-electron chi connectivity index (χ0n) is 8.46. The number of carboxylic acid groups (broad SMARTS) is 1. The summed E-state index contributed by atoms with van der Waals surface area (Å²) < 4.78 is 52.9. The van der Waals surface area contributed by atoms with Crippen LogP contribution in [0.2, 0.25) is 0 Å². The lowest BCUT2D eigenvalue weighted by Gasteiger charge is -2.31. The highest BCUT2D eigenvalue weighted by atomic mass is 35.7. The van der Waals surface area contributed by atoms with E-state index in [-0.39, 0.29) is 0 Å². The molecule has 18 heavy (non-hydrogen) atoms. The summed E-state index contributed by atoms with van der Waals surface area (Å²) in [7, 11) is 1.12. The van der Waals surface area contributed by atoms with Crippen molar-refractivity contribution < 1.29 is 27.5 Å². The Hall–Kier alpha value is -1.21. The summed E-state index contributed by atoms with van der Waals surface area (Å²) in [5, 5.41) is 8.79. The normalized spacial score (nSPS) is 26.7. The van der Waals surface area contributed by atoms with Gasteiger partial charge in [0.25, 0.3) is 0 Å². The standard InChI is InChI=1S/C10H5ClF4O2S/c11-18(10(13,14)15)6-4-2-1-3-5(6)7(12)8(18)9(16)17/h1-4H,(H,16,17). The third-order valence-electron chi connectivity index (χ3n) is 2.42. The molecule has 1 unspecified atom stereocenters. The van der Waals surface area contributed by atoms with Crippen molar-refractivity contribution >= 4 is 31.7 Å². The number of alkyl halides is 3. The predicted octanol–water partition coefficient (Wildman–Crippen LogP) is 4.26. The van der Waals surface area contributed by atoms with Gasteiger partial charge in [-0.05, 0) is 26.0 Å². The maximum absolute atomic E-state index is 13.8. The fourth-order valence-electron chi connectivity index (χ4n) is 1.70. The Bertz CT molecular complexity index is 569. The van der Waals surface area contributed by atoms with Crippen LogP contribution in [0.3, 0.4) is 0 Å². The van der Waals surface area contributed by atoms with Gasteiger partial charge in [0.05, 0.1) is 0 Å². The molecule has 0 amide bonds. The van der Waals surface area contributed by atoms with E-state index in [0.29, 0.717) is 0 Å². The van der Waals surface area contributed by atoms with Crippen molar-refractivity contribution in [1.29, 1.82) is 0 Å². The first-order chi connectivity index (χ1) is 8.21. The van der Waals surface area contributed by atoms with Crippen LogP contribution < -0.4 is 0 Å². The Morgan fingerprint density at radius 2 is 1.83 bits per heavy atom. The molecule has 0 fully saturated rings. The second kappa shape index (κ2) is 3.89. The average Bonchev–Trinajstić information content (AvgIpc) is 2.49. The van der Waals surface area contributed by atoms with Gasteiger partial charge >= 0.3 is 11.5 Å². The minimum absolute atomic E-state index is 0.405. The van der Waals surface area contributed by atoms with E-state index in [9.17, 15) is 22.4 Å². The van der Waals surface area contributed by atoms with Crippen molar-refractivity contribution in [3.63, 3.8) is 0 Å². The number of halogens is 5. The molecule has 0 saturated carbocycles. The monoisotopic (exact) mass is 300 g/mol. The highest BCUT2D eigenvalue weighted by Gasteiger charge is 2.60. The molecule has 0 radical (unpaired) electrons. The number of hydrogen-bond donors (Lipinski definition) is 1. The summed E-state index contributed by atoms with van der Waals surface area (Å²) in [5.74, 6) is -3.41. The van der Waals surface area contributed by atoms with E-state index in [1.165, 1.54) is 12.1 Å². The molecule has 0 aromatic heterocycles. The molecule has 0 spiro atoms. The van der Waals surface area contributed by atoms with Crippen molar-refractivity contribution in [3.05, 3.63) is 34.7 Å². The molecule has 1 N–H and O–H groups in total. The van der Waals surface area contributed by atoms with Gasteiger partial charge in [0, 0.05) is 10.5 Å². The lowest BCUT2D eigenvalue weighted by atomic mass is 10.2. The highest BCUT2D eigenvalue weighted by molar-refractivity contribution is 8.55. The largest absolute Gasteiger partial charge is 0.477 e. The second-order valence-electron chi connectivity index (χ2n) is 3.43. The quantitative estimate of drug-likeness (QED) is 0.787. The topological polar surface area (TPSA) is 37.3 Å². The van der Waals surface area contributed by atoms with Gasteiger partial charge in [-0.2, -0.15) is 13.2 Å². The number of carboxylic acids is 1. The van der Waals surface area contributed by atoms with Crippen LogP contribution in [-0.2, 0) is 4.79 Å². The Balaban J connectivity index is 2.83. The molecule has 1 aromatic carbocycles. The Morgan fingerprint density at radius 3 is 2.33 bits per heavy atom.